The predicted octanol–water partition coefficient (Wildman–Crippen LogP) is 3.58. The van der Waals surface area contributed by atoms with E-state index in [0.29, 0.717) is 11.4 Å². The highest BCUT2D eigenvalue weighted by Gasteiger charge is 2.16. The number of rotatable bonds is 6. The number of amides is 1. The van der Waals surface area contributed by atoms with E-state index in [9.17, 15) is 4.79 Å². The van der Waals surface area contributed by atoms with Crippen LogP contribution in [-0.2, 0) is 6.42 Å². The fourth-order valence-corrected chi connectivity index (χ4v) is 3.08. The van der Waals surface area contributed by atoms with Crippen molar-refractivity contribution in [2.24, 2.45) is 0 Å². The number of tetrazole rings is 1. The van der Waals surface area contributed by atoms with Crippen molar-refractivity contribution in [3.05, 3.63) is 102 Å². The number of benzene rings is 3. The molecule has 1 amide bonds. The van der Waals surface area contributed by atoms with Crippen molar-refractivity contribution in [3.8, 4) is 11.4 Å². The van der Waals surface area contributed by atoms with E-state index >= 15 is 0 Å². The smallest absolute Gasteiger partial charge is 0.251 e. The molecule has 28 heavy (non-hydrogen) atoms. The van der Waals surface area contributed by atoms with E-state index in [1.807, 2.05) is 60.7 Å². The summed E-state index contributed by atoms with van der Waals surface area (Å²) in [5.41, 5.74) is 3.63. The van der Waals surface area contributed by atoms with E-state index in [1.54, 1.807) is 12.1 Å². The van der Waals surface area contributed by atoms with Crippen LogP contribution in [0.1, 0.15) is 27.5 Å². The number of hydrogen-bond donors (Lipinski definition) is 2. The number of aromatic nitrogens is 4. The molecular weight excluding hydrogens is 350 g/mol. The maximum Gasteiger partial charge on any atom is 0.251 e. The van der Waals surface area contributed by atoms with Crippen molar-refractivity contribution in [3.63, 3.8) is 0 Å². The zero-order valence-electron chi connectivity index (χ0n) is 15.1. The van der Waals surface area contributed by atoms with Crippen molar-refractivity contribution < 1.29 is 4.79 Å². The topological polar surface area (TPSA) is 83.6 Å². The fraction of sp³-hybridized carbons (Fsp3) is 0.0909. The first-order chi connectivity index (χ1) is 13.8. The second-order valence-electron chi connectivity index (χ2n) is 6.44. The first kappa shape index (κ1) is 17.6. The van der Waals surface area contributed by atoms with Gasteiger partial charge in [-0.25, -0.2) is 0 Å². The normalized spacial score (nSPS) is 11.7. The molecule has 4 rings (SSSR count). The Bertz CT molecular complexity index is 1020. The third-order valence-corrected chi connectivity index (χ3v) is 4.54. The van der Waals surface area contributed by atoms with Gasteiger partial charge in [0.1, 0.15) is 0 Å². The summed E-state index contributed by atoms with van der Waals surface area (Å²) in [7, 11) is 0. The Kier molecular flexibility index (Phi) is 5.20. The third-order valence-electron chi connectivity index (χ3n) is 4.54. The molecule has 2 N–H and O–H groups in total. The van der Waals surface area contributed by atoms with Gasteiger partial charge < -0.3 is 5.32 Å². The lowest BCUT2D eigenvalue weighted by Gasteiger charge is -2.20. The number of aromatic amines is 1. The van der Waals surface area contributed by atoms with Crippen LogP contribution < -0.4 is 5.32 Å². The highest BCUT2D eigenvalue weighted by molar-refractivity contribution is 5.94. The quantitative estimate of drug-likeness (QED) is 0.544. The zero-order chi connectivity index (χ0) is 19.2. The van der Waals surface area contributed by atoms with Gasteiger partial charge in [0.25, 0.3) is 5.91 Å². The molecule has 1 unspecified atom stereocenters. The van der Waals surface area contributed by atoms with Gasteiger partial charge in [0, 0.05) is 11.1 Å². The molecule has 138 valence electrons. The Morgan fingerprint density at radius 1 is 0.893 bits per heavy atom. The van der Waals surface area contributed by atoms with E-state index in [4.69, 9.17) is 0 Å². The molecule has 4 aromatic rings. The second kappa shape index (κ2) is 8.26. The van der Waals surface area contributed by atoms with Crippen molar-refractivity contribution >= 4 is 5.91 Å². The number of nitrogens with one attached hydrogen (secondary N) is 2. The third kappa shape index (κ3) is 4.12. The van der Waals surface area contributed by atoms with Crippen LogP contribution in [0, 0.1) is 0 Å². The molecule has 1 heterocycles. The van der Waals surface area contributed by atoms with Gasteiger partial charge in [-0.15, -0.1) is 10.2 Å². The SMILES string of the molecule is O=C(NC(Cc1ccccc1)c1ccccc1)c1ccc(-c2nn[nH]n2)cc1. The highest BCUT2D eigenvalue weighted by atomic mass is 16.1. The maximum atomic E-state index is 12.9. The summed E-state index contributed by atoms with van der Waals surface area (Å²) in [6, 6.07) is 27.2. The molecule has 0 spiro atoms. The number of carbonyl (C=O) groups is 1. The van der Waals surface area contributed by atoms with E-state index < -0.39 is 0 Å². The summed E-state index contributed by atoms with van der Waals surface area (Å²) in [6.07, 6.45) is 0.720. The summed E-state index contributed by atoms with van der Waals surface area (Å²) in [5, 5.41) is 17.0. The lowest BCUT2D eigenvalue weighted by molar-refractivity contribution is 0.0936. The van der Waals surface area contributed by atoms with Gasteiger partial charge in [-0.1, -0.05) is 72.8 Å². The lowest BCUT2D eigenvalue weighted by atomic mass is 9.98. The molecule has 0 bridgehead atoms. The van der Waals surface area contributed by atoms with Crippen LogP contribution in [-0.4, -0.2) is 26.5 Å². The van der Waals surface area contributed by atoms with Gasteiger partial charge in [0.05, 0.1) is 6.04 Å². The van der Waals surface area contributed by atoms with E-state index in [1.165, 1.54) is 5.56 Å². The van der Waals surface area contributed by atoms with Crippen LogP contribution in [0.25, 0.3) is 11.4 Å². The standard InChI is InChI=1S/C22H19N5O/c28-22(19-13-11-18(12-14-19)21-24-26-27-25-21)23-20(17-9-5-2-6-10-17)15-16-7-3-1-4-8-16/h1-14,20H,15H2,(H,23,28)(H,24,25,26,27). The van der Waals surface area contributed by atoms with Crippen molar-refractivity contribution in [2.75, 3.05) is 0 Å². The Morgan fingerprint density at radius 2 is 1.57 bits per heavy atom. The summed E-state index contributed by atoms with van der Waals surface area (Å²) in [5.74, 6) is 0.377. The average Bonchev–Trinajstić information content (AvgIpc) is 3.30. The van der Waals surface area contributed by atoms with Gasteiger partial charge in [0.2, 0.25) is 5.82 Å². The molecule has 6 heteroatoms. The Hall–Kier alpha value is -3.80. The van der Waals surface area contributed by atoms with Crippen molar-refractivity contribution in [1.82, 2.24) is 25.9 Å². The second-order valence-corrected chi connectivity index (χ2v) is 6.44. The van der Waals surface area contributed by atoms with Crippen molar-refractivity contribution in [2.45, 2.75) is 12.5 Å². The molecule has 0 saturated heterocycles. The first-order valence-electron chi connectivity index (χ1n) is 9.03. The van der Waals surface area contributed by atoms with Gasteiger partial charge in [-0.2, -0.15) is 5.21 Å². The minimum atomic E-state index is -0.121. The summed E-state index contributed by atoms with van der Waals surface area (Å²) < 4.78 is 0. The molecule has 0 aliphatic heterocycles. The van der Waals surface area contributed by atoms with Crippen LogP contribution in [0.4, 0.5) is 0 Å². The molecule has 0 fully saturated rings. The molecule has 6 nitrogen and oxygen atoms in total. The van der Waals surface area contributed by atoms with Crippen LogP contribution in [0.15, 0.2) is 84.9 Å². The highest BCUT2D eigenvalue weighted by Crippen LogP contribution is 2.20. The molecule has 0 radical (unpaired) electrons. The fourth-order valence-electron chi connectivity index (χ4n) is 3.08. The zero-order valence-corrected chi connectivity index (χ0v) is 15.1. The molecular formula is C22H19N5O. The van der Waals surface area contributed by atoms with Crippen LogP contribution in [0.2, 0.25) is 0 Å². The molecule has 0 aliphatic carbocycles. The van der Waals surface area contributed by atoms with Crippen LogP contribution in [0.3, 0.4) is 0 Å². The maximum absolute atomic E-state index is 12.9. The van der Waals surface area contributed by atoms with Gasteiger partial charge >= 0.3 is 0 Å². The van der Waals surface area contributed by atoms with Crippen LogP contribution >= 0.6 is 0 Å². The lowest BCUT2D eigenvalue weighted by Crippen LogP contribution is -2.30. The largest absolute Gasteiger partial charge is 0.345 e. The molecule has 0 aliphatic rings. The Balaban J connectivity index is 1.53. The van der Waals surface area contributed by atoms with Gasteiger partial charge in [-0.05, 0) is 34.9 Å². The molecule has 1 atom stereocenters. The van der Waals surface area contributed by atoms with Gasteiger partial charge in [0.15, 0.2) is 0 Å². The van der Waals surface area contributed by atoms with E-state index in [-0.39, 0.29) is 11.9 Å². The monoisotopic (exact) mass is 369 g/mol. The average molecular weight is 369 g/mol. The number of H-pyrrole nitrogens is 1. The number of nitrogens with zero attached hydrogens (tertiary/aromatic N) is 3. The summed E-state index contributed by atoms with van der Waals surface area (Å²) >= 11 is 0. The molecule has 0 saturated carbocycles. The first-order valence-corrected chi connectivity index (χ1v) is 9.03. The molecule has 3 aromatic carbocycles. The number of hydrogen-bond acceptors (Lipinski definition) is 4. The van der Waals surface area contributed by atoms with E-state index in [0.717, 1.165) is 17.5 Å². The predicted molar refractivity (Wildman–Crippen MR) is 106 cm³/mol. The van der Waals surface area contributed by atoms with E-state index in [2.05, 4.69) is 38.1 Å². The minimum absolute atomic E-state index is 0.118. The van der Waals surface area contributed by atoms with Gasteiger partial charge in [-0.3, -0.25) is 4.79 Å². The van der Waals surface area contributed by atoms with Crippen LogP contribution in [0.5, 0.6) is 0 Å². The van der Waals surface area contributed by atoms with Crippen molar-refractivity contribution in [1.29, 1.82) is 0 Å². The summed E-state index contributed by atoms with van der Waals surface area (Å²) in [4.78, 5) is 12.9. The Morgan fingerprint density at radius 3 is 2.21 bits per heavy atom. The summed E-state index contributed by atoms with van der Waals surface area (Å²) in [6.45, 7) is 0. The molecule has 1 aromatic heterocycles. The Labute approximate surface area is 162 Å². The minimum Gasteiger partial charge on any atom is -0.345 e. The number of carbonyl (C=O) groups excluding carboxylic acids is 1.